The van der Waals surface area contributed by atoms with E-state index in [9.17, 15) is 9.90 Å². The van der Waals surface area contributed by atoms with Crippen molar-refractivity contribution in [2.24, 2.45) is 34.5 Å². The molecule has 0 amide bonds. The van der Waals surface area contributed by atoms with Crippen molar-refractivity contribution in [2.45, 2.75) is 77.7 Å². The highest BCUT2D eigenvalue weighted by Crippen LogP contribution is 2.65. The largest absolute Gasteiger partial charge is 0.393 e. The number of aliphatic hydroxyl groups excluding tert-OH is 1. The highest BCUT2D eigenvalue weighted by Gasteiger charge is 2.59. The van der Waals surface area contributed by atoms with Crippen LogP contribution in [0.5, 0.6) is 0 Å². The van der Waals surface area contributed by atoms with Gasteiger partial charge < -0.3 is 5.11 Å². The van der Waals surface area contributed by atoms with Crippen LogP contribution in [-0.4, -0.2) is 17.0 Å². The molecule has 4 fully saturated rings. The van der Waals surface area contributed by atoms with Crippen LogP contribution < -0.4 is 0 Å². The molecule has 2 nitrogen and oxygen atoms in total. The van der Waals surface area contributed by atoms with E-state index in [1.54, 1.807) is 0 Å². The molecule has 7 atom stereocenters. The maximum atomic E-state index is 12.0. The number of rotatable bonds is 0. The molecule has 4 aliphatic carbocycles. The Labute approximate surface area is 132 Å². The van der Waals surface area contributed by atoms with Gasteiger partial charge in [0.15, 0.2) is 0 Å². The van der Waals surface area contributed by atoms with Crippen molar-refractivity contribution in [1.82, 2.24) is 0 Å². The van der Waals surface area contributed by atoms with E-state index >= 15 is 0 Å². The molecule has 4 rings (SSSR count). The predicted octanol–water partition coefficient (Wildman–Crippen LogP) is 3.96. The van der Waals surface area contributed by atoms with Crippen molar-refractivity contribution in [3.05, 3.63) is 0 Å². The van der Waals surface area contributed by atoms with Gasteiger partial charge in [-0.15, -0.1) is 0 Å². The molecular formula is C19H30O2. The molecule has 0 aromatic rings. The first kappa shape index (κ1) is 11.2. The molecule has 2 heteroatoms. The van der Waals surface area contributed by atoms with Gasteiger partial charge in [0.2, 0.25) is 0 Å². The van der Waals surface area contributed by atoms with E-state index in [0.717, 1.165) is 38.5 Å². The highest BCUT2D eigenvalue weighted by molar-refractivity contribution is 5.79. The zero-order valence-electron chi connectivity index (χ0n) is 16.1. The molecule has 0 aliphatic heterocycles. The number of ketones is 1. The van der Waals surface area contributed by atoms with Crippen LogP contribution in [0.4, 0.5) is 0 Å². The number of carbonyl (C=O) groups is 1. The van der Waals surface area contributed by atoms with E-state index in [1.807, 2.05) is 0 Å². The molecule has 0 unspecified atom stereocenters. The van der Waals surface area contributed by atoms with Gasteiger partial charge in [-0.05, 0) is 79.4 Å². The van der Waals surface area contributed by atoms with Gasteiger partial charge in [-0.3, -0.25) is 4.79 Å². The Morgan fingerprint density at radius 2 is 1.90 bits per heavy atom. The monoisotopic (exact) mass is 293 g/mol. The summed E-state index contributed by atoms with van der Waals surface area (Å²) in [5.74, 6) is 1.40. The van der Waals surface area contributed by atoms with Gasteiger partial charge in [0.1, 0.15) is 5.78 Å². The fraction of sp³-hybridized carbons (Fsp3) is 0.947. The topological polar surface area (TPSA) is 37.3 Å². The van der Waals surface area contributed by atoms with E-state index in [4.69, 9.17) is 4.11 Å². The van der Waals surface area contributed by atoms with Crippen LogP contribution in [-0.2, 0) is 4.79 Å². The molecule has 0 radical (unpaired) electrons. The molecule has 0 aromatic carbocycles. The van der Waals surface area contributed by atoms with Crippen LogP contribution in [0, 0.1) is 34.5 Å². The predicted molar refractivity (Wildman–Crippen MR) is 82.7 cm³/mol. The minimum Gasteiger partial charge on any atom is -0.393 e. The van der Waals surface area contributed by atoms with Gasteiger partial charge in [0, 0.05) is 17.0 Å². The van der Waals surface area contributed by atoms with Gasteiger partial charge in [0.25, 0.3) is 0 Å². The lowest BCUT2D eigenvalue weighted by Crippen LogP contribution is -2.54. The smallest absolute Gasteiger partial charge is 0.133 e. The van der Waals surface area contributed by atoms with Crippen molar-refractivity contribution in [1.29, 1.82) is 0 Å². The number of carbonyl (C=O) groups excluding carboxylic acids is 1. The average Bonchev–Trinajstić information content (AvgIpc) is 2.81. The summed E-state index contributed by atoms with van der Waals surface area (Å²) >= 11 is 0. The molecule has 1 N–H and O–H groups in total. The first-order chi connectivity index (χ1) is 11.2. The highest BCUT2D eigenvalue weighted by atomic mass is 16.3. The Bertz CT molecular complexity index is 545. The summed E-state index contributed by atoms with van der Waals surface area (Å²) in [6.07, 6.45) is 6.96. The Morgan fingerprint density at radius 3 is 2.71 bits per heavy atom. The molecule has 4 saturated carbocycles. The quantitative estimate of drug-likeness (QED) is 0.734. The number of aliphatic hydroxyl groups is 1. The second-order valence-electron chi connectivity index (χ2n) is 8.57. The second kappa shape index (κ2) is 4.57. The van der Waals surface area contributed by atoms with Gasteiger partial charge in [-0.1, -0.05) is 13.8 Å². The maximum Gasteiger partial charge on any atom is 0.133 e. The van der Waals surface area contributed by atoms with Gasteiger partial charge >= 0.3 is 0 Å². The summed E-state index contributed by atoms with van der Waals surface area (Å²) in [5, 5.41) is 10.5. The van der Waals surface area contributed by atoms with E-state index in [1.165, 1.54) is 0 Å². The molecule has 118 valence electrons. The number of hydrogen-bond donors (Lipinski definition) is 1. The third-order valence-electron chi connectivity index (χ3n) is 7.92. The molecule has 0 heterocycles. The minimum absolute atomic E-state index is 0.0194. The van der Waals surface area contributed by atoms with E-state index in [0.29, 0.717) is 31.1 Å². The summed E-state index contributed by atoms with van der Waals surface area (Å²) in [6.45, 7) is 0.247. The number of Topliss-reactive ketones (excluding diaryl/α,β-unsaturated/α-hetero) is 1. The lowest BCUT2D eigenvalue weighted by Gasteiger charge is -2.60. The standard InChI is InChI=1S/C19H30O2/c1-18-9-7-13(20)11-12(18)3-4-14-15-5-6-17(21)19(15,2)10-8-16(14)18/h12,14-17,21H,3-11H2,1-2H3/t12-,14+,15+,16+,17+,18+,19+/m0/s1/i1D3. The maximum absolute atomic E-state index is 12.0. The van der Waals surface area contributed by atoms with Crippen LogP contribution in [0.3, 0.4) is 0 Å². The van der Waals surface area contributed by atoms with E-state index in [-0.39, 0.29) is 29.1 Å². The zero-order valence-corrected chi connectivity index (χ0v) is 13.1. The van der Waals surface area contributed by atoms with Crippen molar-refractivity contribution in [2.75, 3.05) is 0 Å². The fourth-order valence-corrected chi connectivity index (χ4v) is 6.65. The van der Waals surface area contributed by atoms with Crippen LogP contribution in [0.25, 0.3) is 0 Å². The Kier molecular flexibility index (Phi) is 2.44. The van der Waals surface area contributed by atoms with Crippen molar-refractivity contribution in [3.8, 4) is 0 Å². The SMILES string of the molecule is [2H]C([2H])([2H])[C@@]12CCC(=O)C[C@@H]1CC[C@@H]1[C@H]3CC[C@@H](O)[C@]3(C)CC[C@H]12. The summed E-state index contributed by atoms with van der Waals surface area (Å²) in [4.78, 5) is 12.0. The lowest BCUT2D eigenvalue weighted by molar-refractivity contribution is -0.141. The van der Waals surface area contributed by atoms with Crippen molar-refractivity contribution >= 4 is 5.78 Å². The van der Waals surface area contributed by atoms with E-state index < -0.39 is 12.3 Å². The van der Waals surface area contributed by atoms with E-state index in [2.05, 4.69) is 6.92 Å². The van der Waals surface area contributed by atoms with Crippen molar-refractivity contribution < 1.29 is 14.0 Å². The van der Waals surface area contributed by atoms with Crippen molar-refractivity contribution in [3.63, 3.8) is 0 Å². The molecular weight excluding hydrogens is 260 g/mol. The Morgan fingerprint density at radius 1 is 1.10 bits per heavy atom. The number of fused-ring (bicyclic) bond motifs is 5. The Balaban J connectivity index is 1.73. The van der Waals surface area contributed by atoms with Crippen LogP contribution in [0.1, 0.15) is 75.7 Å². The third-order valence-corrected chi connectivity index (χ3v) is 7.92. The molecule has 0 saturated heterocycles. The molecule has 0 bridgehead atoms. The second-order valence-corrected chi connectivity index (χ2v) is 8.57. The Hall–Kier alpha value is -0.370. The first-order valence-electron chi connectivity index (χ1n) is 10.4. The van der Waals surface area contributed by atoms with Gasteiger partial charge in [0.05, 0.1) is 6.10 Å². The normalized spacial score (nSPS) is 59.2. The summed E-state index contributed by atoms with van der Waals surface area (Å²) in [7, 11) is 0. The molecule has 4 aliphatic rings. The zero-order chi connectivity index (χ0) is 17.3. The fourth-order valence-electron chi connectivity index (χ4n) is 6.65. The van der Waals surface area contributed by atoms with Crippen LogP contribution in [0.2, 0.25) is 0 Å². The third kappa shape index (κ3) is 1.84. The van der Waals surface area contributed by atoms with Crippen LogP contribution >= 0.6 is 0 Å². The molecule has 0 aromatic heterocycles. The van der Waals surface area contributed by atoms with Gasteiger partial charge in [-0.25, -0.2) is 0 Å². The summed E-state index contributed by atoms with van der Waals surface area (Å²) in [5.41, 5.74) is -0.673. The summed E-state index contributed by atoms with van der Waals surface area (Å²) < 4.78 is 25.1. The minimum atomic E-state index is -1.98. The lowest BCUT2D eigenvalue weighted by atomic mass is 9.45. The molecule has 0 spiro atoms. The summed E-state index contributed by atoms with van der Waals surface area (Å²) in [6, 6.07) is 0. The van der Waals surface area contributed by atoms with Crippen LogP contribution in [0.15, 0.2) is 0 Å². The average molecular weight is 293 g/mol. The first-order valence-corrected chi connectivity index (χ1v) is 8.90. The van der Waals surface area contributed by atoms with Gasteiger partial charge in [-0.2, -0.15) is 0 Å². The number of hydrogen-bond acceptors (Lipinski definition) is 2. The molecule has 21 heavy (non-hydrogen) atoms.